The Balaban J connectivity index is 1.78. The Bertz CT molecular complexity index is 488. The van der Waals surface area contributed by atoms with Crippen LogP contribution in [0.1, 0.15) is 5.69 Å². The van der Waals surface area contributed by atoms with Gasteiger partial charge in [0.25, 0.3) is 0 Å². The molecule has 1 fully saturated rings. The predicted molar refractivity (Wildman–Crippen MR) is 73.0 cm³/mol. The van der Waals surface area contributed by atoms with Crippen LogP contribution in [0.3, 0.4) is 0 Å². The van der Waals surface area contributed by atoms with Gasteiger partial charge in [0.15, 0.2) is 6.10 Å². The smallest absolute Gasteiger partial charge is 0.382 e. The van der Waals surface area contributed by atoms with E-state index in [4.69, 9.17) is 5.11 Å². The first-order valence-electron chi connectivity index (χ1n) is 7.01. The minimum atomic E-state index is -4.61. The normalized spacial score (nSPS) is 18.3. The van der Waals surface area contributed by atoms with Gasteiger partial charge in [0.05, 0.1) is 6.42 Å². The van der Waals surface area contributed by atoms with E-state index >= 15 is 0 Å². The number of carbonyl (C=O) groups excluding carboxylic acids is 1. The van der Waals surface area contributed by atoms with Crippen LogP contribution in [0, 0.1) is 0 Å². The Kier molecular flexibility index (Phi) is 5.36. The average molecular weight is 317 g/mol. The van der Waals surface area contributed by atoms with Crippen molar-refractivity contribution in [3.63, 3.8) is 0 Å². The van der Waals surface area contributed by atoms with E-state index in [0.717, 1.165) is 0 Å². The number of piperazine rings is 1. The highest BCUT2D eigenvalue weighted by Crippen LogP contribution is 2.21. The number of alkyl halides is 3. The fraction of sp³-hybridized carbons (Fsp3) is 0.571. The molecule has 5 nitrogen and oxygen atoms in total. The molecule has 1 N–H and O–H groups in total. The second-order valence-electron chi connectivity index (χ2n) is 5.24. The number of aromatic nitrogens is 1. The molecule has 0 spiro atoms. The van der Waals surface area contributed by atoms with Crippen molar-refractivity contribution < 1.29 is 23.1 Å². The van der Waals surface area contributed by atoms with Crippen molar-refractivity contribution in [3.05, 3.63) is 30.1 Å². The van der Waals surface area contributed by atoms with Gasteiger partial charge in [0.1, 0.15) is 0 Å². The van der Waals surface area contributed by atoms with Gasteiger partial charge in [-0.1, -0.05) is 6.07 Å². The largest absolute Gasteiger partial charge is 0.415 e. The Morgan fingerprint density at radius 3 is 2.50 bits per heavy atom. The first kappa shape index (κ1) is 16.7. The highest BCUT2D eigenvalue weighted by Gasteiger charge is 2.39. The monoisotopic (exact) mass is 317 g/mol. The van der Waals surface area contributed by atoms with Gasteiger partial charge in [-0.3, -0.25) is 14.7 Å². The summed E-state index contributed by atoms with van der Waals surface area (Å²) < 4.78 is 36.9. The number of pyridine rings is 1. The zero-order valence-electron chi connectivity index (χ0n) is 12.0. The van der Waals surface area contributed by atoms with E-state index in [0.29, 0.717) is 31.9 Å². The molecule has 1 amide bonds. The topological polar surface area (TPSA) is 56.7 Å². The number of amides is 1. The third kappa shape index (κ3) is 4.67. The van der Waals surface area contributed by atoms with Crippen molar-refractivity contribution in [1.29, 1.82) is 0 Å². The second kappa shape index (κ2) is 7.06. The lowest BCUT2D eigenvalue weighted by atomic mass is 10.2. The van der Waals surface area contributed by atoms with Crippen molar-refractivity contribution in [2.24, 2.45) is 0 Å². The summed E-state index contributed by atoms with van der Waals surface area (Å²) in [5, 5.41) is 9.05. The lowest BCUT2D eigenvalue weighted by Crippen LogP contribution is -2.52. The number of nitrogens with zero attached hydrogens (tertiary/aromatic N) is 3. The molecule has 122 valence electrons. The molecular formula is C14H18F3N3O2. The number of β-amino-alcohol motifs (C(OH)–C–C–N with tert-alkyl or cyclic N) is 1. The van der Waals surface area contributed by atoms with E-state index in [2.05, 4.69) is 4.98 Å². The Hall–Kier alpha value is -1.67. The quantitative estimate of drug-likeness (QED) is 0.888. The highest BCUT2D eigenvalue weighted by molar-refractivity contribution is 5.78. The number of carbonyl (C=O) groups is 1. The lowest BCUT2D eigenvalue weighted by molar-refractivity contribution is -0.209. The van der Waals surface area contributed by atoms with Crippen molar-refractivity contribution in [1.82, 2.24) is 14.8 Å². The van der Waals surface area contributed by atoms with Crippen LogP contribution in [0.5, 0.6) is 0 Å². The van der Waals surface area contributed by atoms with Crippen molar-refractivity contribution in [2.45, 2.75) is 18.7 Å². The first-order valence-corrected chi connectivity index (χ1v) is 7.01. The van der Waals surface area contributed by atoms with Gasteiger partial charge in [-0.25, -0.2) is 0 Å². The average Bonchev–Trinajstić information content (AvgIpc) is 2.48. The Labute approximate surface area is 126 Å². The summed E-state index contributed by atoms with van der Waals surface area (Å²) in [7, 11) is 0. The van der Waals surface area contributed by atoms with Crippen molar-refractivity contribution in [2.75, 3.05) is 32.7 Å². The highest BCUT2D eigenvalue weighted by atomic mass is 19.4. The summed E-state index contributed by atoms with van der Waals surface area (Å²) in [5.41, 5.74) is 0.669. The van der Waals surface area contributed by atoms with Crippen LogP contribution in [0.2, 0.25) is 0 Å². The molecule has 1 aliphatic heterocycles. The molecule has 0 aliphatic carbocycles. The molecular weight excluding hydrogens is 299 g/mol. The number of aliphatic hydroxyl groups is 1. The molecule has 0 bridgehead atoms. The van der Waals surface area contributed by atoms with Gasteiger partial charge in [-0.05, 0) is 12.1 Å². The maximum Gasteiger partial charge on any atom is 0.415 e. The number of hydrogen-bond acceptors (Lipinski definition) is 4. The van der Waals surface area contributed by atoms with Crippen LogP contribution in [0.4, 0.5) is 13.2 Å². The summed E-state index contributed by atoms with van der Waals surface area (Å²) in [4.78, 5) is 19.3. The molecule has 1 aliphatic rings. The van der Waals surface area contributed by atoms with E-state index < -0.39 is 18.8 Å². The number of halogens is 3. The number of rotatable bonds is 4. The van der Waals surface area contributed by atoms with Crippen molar-refractivity contribution in [3.8, 4) is 0 Å². The molecule has 1 aromatic rings. The molecule has 0 radical (unpaired) electrons. The van der Waals surface area contributed by atoms with Gasteiger partial charge in [-0.15, -0.1) is 0 Å². The van der Waals surface area contributed by atoms with Crippen LogP contribution in [-0.4, -0.2) is 70.8 Å². The zero-order chi connectivity index (χ0) is 16.2. The number of aliphatic hydroxyl groups excluding tert-OH is 1. The molecule has 1 atom stereocenters. The molecule has 0 aromatic carbocycles. The molecule has 22 heavy (non-hydrogen) atoms. The third-order valence-electron chi connectivity index (χ3n) is 3.59. The fourth-order valence-corrected chi connectivity index (χ4v) is 2.30. The predicted octanol–water partition coefficient (Wildman–Crippen LogP) is 0.692. The molecule has 1 unspecified atom stereocenters. The zero-order valence-corrected chi connectivity index (χ0v) is 12.0. The lowest BCUT2D eigenvalue weighted by Gasteiger charge is -2.35. The van der Waals surface area contributed by atoms with Gasteiger partial charge < -0.3 is 10.0 Å². The molecule has 1 saturated heterocycles. The summed E-state index contributed by atoms with van der Waals surface area (Å²) >= 11 is 0. The van der Waals surface area contributed by atoms with Crippen LogP contribution >= 0.6 is 0 Å². The second-order valence-corrected chi connectivity index (χ2v) is 5.24. The molecule has 8 heteroatoms. The number of hydrogen-bond donors (Lipinski definition) is 1. The van der Waals surface area contributed by atoms with Gasteiger partial charge >= 0.3 is 6.18 Å². The van der Waals surface area contributed by atoms with E-state index in [1.165, 1.54) is 4.90 Å². The SMILES string of the molecule is O=C(Cc1ccccn1)N1CCN(CC(O)C(F)(F)F)CC1. The van der Waals surface area contributed by atoms with E-state index in [9.17, 15) is 18.0 Å². The van der Waals surface area contributed by atoms with Gasteiger partial charge in [0, 0.05) is 44.6 Å². The summed E-state index contributed by atoms with van der Waals surface area (Å²) in [6.07, 6.45) is -5.15. The molecule has 0 saturated carbocycles. The van der Waals surface area contributed by atoms with Crippen molar-refractivity contribution >= 4 is 5.91 Å². The summed E-state index contributed by atoms with van der Waals surface area (Å²) in [6, 6.07) is 5.32. The van der Waals surface area contributed by atoms with Crippen LogP contribution < -0.4 is 0 Å². The summed E-state index contributed by atoms with van der Waals surface area (Å²) in [5.74, 6) is -0.0882. The Morgan fingerprint density at radius 1 is 1.27 bits per heavy atom. The van der Waals surface area contributed by atoms with Crippen LogP contribution in [-0.2, 0) is 11.2 Å². The summed E-state index contributed by atoms with van der Waals surface area (Å²) in [6.45, 7) is 0.903. The minimum Gasteiger partial charge on any atom is -0.382 e. The van der Waals surface area contributed by atoms with Crippen LogP contribution in [0.15, 0.2) is 24.4 Å². The fourth-order valence-electron chi connectivity index (χ4n) is 2.30. The van der Waals surface area contributed by atoms with E-state index in [1.54, 1.807) is 29.3 Å². The molecule has 2 heterocycles. The third-order valence-corrected chi connectivity index (χ3v) is 3.59. The van der Waals surface area contributed by atoms with E-state index in [-0.39, 0.29) is 12.3 Å². The van der Waals surface area contributed by atoms with Crippen LogP contribution in [0.25, 0.3) is 0 Å². The minimum absolute atomic E-state index is 0.0882. The van der Waals surface area contributed by atoms with Gasteiger partial charge in [0.2, 0.25) is 5.91 Å². The van der Waals surface area contributed by atoms with Gasteiger partial charge in [-0.2, -0.15) is 13.2 Å². The standard InChI is InChI=1S/C14H18F3N3O2/c15-14(16,17)12(21)10-19-5-7-20(8-6-19)13(22)9-11-3-1-2-4-18-11/h1-4,12,21H,5-10H2. The van der Waals surface area contributed by atoms with E-state index in [1.807, 2.05) is 0 Å². The maximum absolute atomic E-state index is 12.3. The first-order chi connectivity index (χ1) is 10.4. The molecule has 2 rings (SSSR count). The Morgan fingerprint density at radius 2 is 1.95 bits per heavy atom. The maximum atomic E-state index is 12.3. The molecule has 1 aromatic heterocycles.